The third kappa shape index (κ3) is 3.79. The fraction of sp³-hybridized carbons (Fsp3) is 0. The minimum atomic E-state index is -0.681. The highest BCUT2D eigenvalue weighted by Crippen LogP contribution is 2.22. The third-order valence-corrected chi connectivity index (χ3v) is 3.05. The van der Waals surface area contributed by atoms with Crippen LogP contribution in [0.1, 0.15) is 15.9 Å². The van der Waals surface area contributed by atoms with Crippen molar-refractivity contribution in [2.24, 2.45) is 5.10 Å². The van der Waals surface area contributed by atoms with E-state index < -0.39 is 11.7 Å². The Morgan fingerprint density at radius 2 is 2.00 bits per heavy atom. The summed E-state index contributed by atoms with van der Waals surface area (Å²) in [7, 11) is 0. The number of aromatic hydroxyl groups is 2. The van der Waals surface area contributed by atoms with Crippen LogP contribution in [-0.2, 0) is 0 Å². The fourth-order valence-electron chi connectivity index (χ4n) is 1.55. The van der Waals surface area contributed by atoms with Gasteiger partial charge in [0, 0.05) is 16.1 Å². The second-order valence-corrected chi connectivity index (χ2v) is 4.98. The van der Waals surface area contributed by atoms with Crippen molar-refractivity contribution in [1.82, 2.24) is 5.43 Å². The average molecular weight is 353 g/mol. The summed E-state index contributed by atoms with van der Waals surface area (Å²) in [4.78, 5) is 11.7. The van der Waals surface area contributed by atoms with Crippen LogP contribution in [0.15, 0.2) is 46.0 Å². The fourth-order valence-corrected chi connectivity index (χ4v) is 1.93. The molecule has 0 aliphatic heterocycles. The van der Waals surface area contributed by atoms with Crippen LogP contribution in [0.25, 0.3) is 0 Å². The van der Waals surface area contributed by atoms with Gasteiger partial charge < -0.3 is 10.2 Å². The van der Waals surface area contributed by atoms with Gasteiger partial charge in [-0.15, -0.1) is 0 Å². The Labute approximate surface area is 127 Å². The van der Waals surface area contributed by atoms with E-state index in [1.54, 1.807) is 6.07 Å². The number of halogens is 2. The molecule has 0 saturated heterocycles. The van der Waals surface area contributed by atoms with Crippen LogP contribution in [0, 0.1) is 5.82 Å². The van der Waals surface area contributed by atoms with Gasteiger partial charge in [0.05, 0.1) is 11.8 Å². The van der Waals surface area contributed by atoms with Gasteiger partial charge in [-0.1, -0.05) is 15.9 Å². The summed E-state index contributed by atoms with van der Waals surface area (Å²) in [6.07, 6.45) is 1.15. The van der Waals surface area contributed by atoms with E-state index >= 15 is 0 Å². The molecule has 0 fully saturated rings. The first-order chi connectivity index (χ1) is 9.97. The number of nitrogens with zero attached hydrogens (tertiary/aromatic N) is 1. The predicted molar refractivity (Wildman–Crippen MR) is 78.9 cm³/mol. The molecule has 21 heavy (non-hydrogen) atoms. The van der Waals surface area contributed by atoms with Crippen molar-refractivity contribution in [2.75, 3.05) is 0 Å². The summed E-state index contributed by atoms with van der Waals surface area (Å²) >= 11 is 3.20. The van der Waals surface area contributed by atoms with E-state index in [2.05, 4.69) is 26.5 Å². The summed E-state index contributed by atoms with van der Waals surface area (Å²) in [5, 5.41) is 22.3. The van der Waals surface area contributed by atoms with Crippen molar-refractivity contribution in [3.8, 4) is 11.5 Å². The highest BCUT2D eigenvalue weighted by atomic mass is 79.9. The van der Waals surface area contributed by atoms with Crippen molar-refractivity contribution in [2.45, 2.75) is 0 Å². The van der Waals surface area contributed by atoms with Crippen molar-refractivity contribution in [3.63, 3.8) is 0 Å². The molecule has 7 heteroatoms. The largest absolute Gasteiger partial charge is 0.508 e. The lowest BCUT2D eigenvalue weighted by Crippen LogP contribution is -2.17. The molecule has 1 amide bonds. The van der Waals surface area contributed by atoms with Crippen LogP contribution in [0.3, 0.4) is 0 Å². The maximum atomic E-state index is 13.4. The topological polar surface area (TPSA) is 81.9 Å². The highest BCUT2D eigenvalue weighted by Gasteiger charge is 2.10. The number of amides is 1. The van der Waals surface area contributed by atoms with Gasteiger partial charge in [0.15, 0.2) is 0 Å². The van der Waals surface area contributed by atoms with E-state index in [9.17, 15) is 14.3 Å². The van der Waals surface area contributed by atoms with Crippen LogP contribution in [0.4, 0.5) is 4.39 Å². The molecule has 5 nitrogen and oxygen atoms in total. The molecular weight excluding hydrogens is 343 g/mol. The Kier molecular flexibility index (Phi) is 4.54. The molecule has 2 rings (SSSR count). The molecular formula is C14H10BrFN2O3. The van der Waals surface area contributed by atoms with Crippen LogP contribution >= 0.6 is 15.9 Å². The summed E-state index contributed by atoms with van der Waals surface area (Å²) in [6, 6.07) is 7.84. The van der Waals surface area contributed by atoms with E-state index in [4.69, 9.17) is 5.11 Å². The molecule has 0 aliphatic carbocycles. The van der Waals surface area contributed by atoms with Crippen LogP contribution in [-0.4, -0.2) is 22.3 Å². The molecule has 0 unspecified atom stereocenters. The molecule has 0 aliphatic rings. The lowest BCUT2D eigenvalue weighted by molar-refractivity contribution is 0.0952. The number of carbonyl (C=O) groups excluding carboxylic acids is 1. The lowest BCUT2D eigenvalue weighted by Gasteiger charge is -2.03. The second-order valence-electron chi connectivity index (χ2n) is 4.07. The van der Waals surface area contributed by atoms with Gasteiger partial charge in [-0.2, -0.15) is 5.10 Å². The molecule has 0 aromatic heterocycles. The number of benzene rings is 2. The zero-order valence-corrected chi connectivity index (χ0v) is 12.1. The SMILES string of the molecule is O=C(N/N=C\c1cc(Br)ccc1F)c1ccc(O)cc1O. The van der Waals surface area contributed by atoms with Crippen molar-refractivity contribution < 1.29 is 19.4 Å². The first-order valence-electron chi connectivity index (χ1n) is 5.78. The molecule has 0 atom stereocenters. The van der Waals surface area contributed by atoms with Crippen LogP contribution in [0.5, 0.6) is 11.5 Å². The van der Waals surface area contributed by atoms with E-state index in [1.165, 1.54) is 24.3 Å². The minimum absolute atomic E-state index is 0.0559. The minimum Gasteiger partial charge on any atom is -0.508 e. The van der Waals surface area contributed by atoms with Gasteiger partial charge in [0.1, 0.15) is 17.3 Å². The van der Waals surface area contributed by atoms with Crippen molar-refractivity contribution in [3.05, 3.63) is 57.8 Å². The maximum absolute atomic E-state index is 13.4. The quantitative estimate of drug-likeness (QED) is 0.586. The number of carbonyl (C=O) groups is 1. The van der Waals surface area contributed by atoms with Crippen molar-refractivity contribution in [1.29, 1.82) is 0 Å². The monoisotopic (exact) mass is 352 g/mol. The first-order valence-corrected chi connectivity index (χ1v) is 6.57. The van der Waals surface area contributed by atoms with Gasteiger partial charge >= 0.3 is 0 Å². The molecule has 2 aromatic carbocycles. The Morgan fingerprint density at radius 3 is 2.71 bits per heavy atom. The average Bonchev–Trinajstić information content (AvgIpc) is 2.42. The van der Waals surface area contributed by atoms with Crippen LogP contribution in [0.2, 0.25) is 0 Å². The predicted octanol–water partition coefficient (Wildman–Crippen LogP) is 2.76. The van der Waals surface area contributed by atoms with Gasteiger partial charge in [-0.05, 0) is 30.3 Å². The number of hydrogen-bond donors (Lipinski definition) is 3. The third-order valence-electron chi connectivity index (χ3n) is 2.55. The van der Waals surface area contributed by atoms with E-state index in [0.29, 0.717) is 4.47 Å². The van der Waals surface area contributed by atoms with E-state index in [1.807, 2.05) is 0 Å². The van der Waals surface area contributed by atoms with E-state index in [-0.39, 0.29) is 22.6 Å². The molecule has 0 radical (unpaired) electrons. The molecule has 0 spiro atoms. The van der Waals surface area contributed by atoms with Gasteiger partial charge in [0.2, 0.25) is 0 Å². The van der Waals surface area contributed by atoms with Gasteiger partial charge in [0.25, 0.3) is 5.91 Å². The van der Waals surface area contributed by atoms with Crippen molar-refractivity contribution >= 4 is 28.1 Å². The summed E-state index contributed by atoms with van der Waals surface area (Å²) in [5.74, 6) is -1.71. The second kappa shape index (κ2) is 6.36. The number of phenolic OH excluding ortho intramolecular Hbond substituents is 2. The standard InChI is InChI=1S/C14H10BrFN2O3/c15-9-1-4-12(16)8(5-9)7-17-18-14(21)11-3-2-10(19)6-13(11)20/h1-7,19-20H,(H,18,21)/b17-7-. The molecule has 3 N–H and O–H groups in total. The zero-order valence-electron chi connectivity index (χ0n) is 10.5. The number of rotatable bonds is 3. The first kappa shape index (κ1) is 15.0. The molecule has 0 heterocycles. The van der Waals surface area contributed by atoms with Gasteiger partial charge in [-0.25, -0.2) is 9.82 Å². The van der Waals surface area contributed by atoms with E-state index in [0.717, 1.165) is 12.3 Å². The smallest absolute Gasteiger partial charge is 0.275 e. The zero-order chi connectivity index (χ0) is 15.4. The number of nitrogens with one attached hydrogen (secondary N) is 1. The Balaban J connectivity index is 2.10. The van der Waals surface area contributed by atoms with Gasteiger partial charge in [-0.3, -0.25) is 4.79 Å². The molecule has 108 valence electrons. The Bertz CT molecular complexity index is 719. The summed E-state index contributed by atoms with van der Waals surface area (Å²) in [5.41, 5.74) is 2.30. The normalized spacial score (nSPS) is 10.8. The number of hydrogen-bond acceptors (Lipinski definition) is 4. The summed E-state index contributed by atoms with van der Waals surface area (Å²) < 4.78 is 14.1. The Hall–Kier alpha value is -2.41. The summed E-state index contributed by atoms with van der Waals surface area (Å²) in [6.45, 7) is 0. The highest BCUT2D eigenvalue weighted by molar-refractivity contribution is 9.10. The molecule has 2 aromatic rings. The number of hydrazone groups is 1. The lowest BCUT2D eigenvalue weighted by atomic mass is 10.2. The van der Waals surface area contributed by atoms with Crippen LogP contribution < -0.4 is 5.43 Å². The number of phenols is 2. The molecule has 0 bridgehead atoms. The molecule has 0 saturated carbocycles. The maximum Gasteiger partial charge on any atom is 0.275 e. The Morgan fingerprint density at radius 1 is 1.24 bits per heavy atom.